The van der Waals surface area contributed by atoms with E-state index in [2.05, 4.69) is 10.3 Å². The van der Waals surface area contributed by atoms with Gasteiger partial charge in [-0.25, -0.2) is 8.78 Å². The number of aromatic nitrogens is 1. The minimum Gasteiger partial charge on any atom is -0.456 e. The molecule has 0 aliphatic rings. The van der Waals surface area contributed by atoms with E-state index in [0.717, 1.165) is 28.7 Å². The van der Waals surface area contributed by atoms with E-state index in [0.29, 0.717) is 6.42 Å². The Kier molecular flexibility index (Phi) is 5.71. The van der Waals surface area contributed by atoms with Crippen LogP contribution >= 0.6 is 0 Å². The molecule has 0 radical (unpaired) electrons. The van der Waals surface area contributed by atoms with Crippen LogP contribution in [0.15, 0.2) is 54.6 Å². The summed E-state index contributed by atoms with van der Waals surface area (Å²) in [5.41, 5.74) is 1.67. The van der Waals surface area contributed by atoms with E-state index in [1.807, 2.05) is 36.4 Å². The van der Waals surface area contributed by atoms with Crippen LogP contribution < -0.4 is 5.32 Å². The van der Waals surface area contributed by atoms with E-state index in [9.17, 15) is 18.4 Å². The molecule has 0 aliphatic heterocycles. The summed E-state index contributed by atoms with van der Waals surface area (Å²) in [7, 11) is 0. The minimum absolute atomic E-state index is 0.0732. The van der Waals surface area contributed by atoms with Gasteiger partial charge in [-0.3, -0.25) is 14.6 Å². The molecule has 0 unspecified atom stereocenters. The van der Waals surface area contributed by atoms with Crippen LogP contribution in [0.1, 0.15) is 12.1 Å². The van der Waals surface area contributed by atoms with Crippen molar-refractivity contribution in [2.75, 3.05) is 11.9 Å². The maximum atomic E-state index is 13.1. The Balaban J connectivity index is 1.45. The van der Waals surface area contributed by atoms with E-state index in [4.69, 9.17) is 4.74 Å². The van der Waals surface area contributed by atoms with Gasteiger partial charge in [0.25, 0.3) is 5.91 Å². The number of halogens is 2. The van der Waals surface area contributed by atoms with Gasteiger partial charge in [0.2, 0.25) is 0 Å². The third-order valence-corrected chi connectivity index (χ3v) is 3.81. The van der Waals surface area contributed by atoms with Crippen LogP contribution in [0.2, 0.25) is 0 Å². The summed E-state index contributed by atoms with van der Waals surface area (Å²) >= 11 is 0. The van der Waals surface area contributed by atoms with E-state index >= 15 is 0 Å². The first-order valence-corrected chi connectivity index (χ1v) is 8.26. The molecule has 0 atom stereocenters. The number of para-hydroxylation sites is 1. The number of anilines is 1. The van der Waals surface area contributed by atoms with Crippen molar-refractivity contribution < 1.29 is 23.1 Å². The van der Waals surface area contributed by atoms with E-state index in [1.54, 1.807) is 0 Å². The maximum Gasteiger partial charge on any atom is 0.306 e. The number of benzene rings is 2. The topological polar surface area (TPSA) is 68.3 Å². The van der Waals surface area contributed by atoms with Crippen molar-refractivity contribution >= 4 is 28.5 Å². The highest BCUT2D eigenvalue weighted by molar-refractivity contribution is 5.92. The van der Waals surface area contributed by atoms with Crippen LogP contribution in [0.4, 0.5) is 14.5 Å². The zero-order valence-electron chi connectivity index (χ0n) is 14.2. The van der Waals surface area contributed by atoms with Gasteiger partial charge in [0, 0.05) is 29.3 Å². The summed E-state index contributed by atoms with van der Waals surface area (Å²) in [5, 5.41) is 3.34. The number of ether oxygens (including phenoxy) is 1. The van der Waals surface area contributed by atoms with E-state index in [-0.39, 0.29) is 12.1 Å². The highest BCUT2D eigenvalue weighted by atomic mass is 19.2. The lowest BCUT2D eigenvalue weighted by Gasteiger charge is -2.07. The molecule has 3 rings (SSSR count). The molecule has 2 aromatic carbocycles. The molecule has 1 amide bonds. The second-order valence-corrected chi connectivity index (χ2v) is 5.83. The summed E-state index contributed by atoms with van der Waals surface area (Å²) in [4.78, 5) is 28.0. The molecule has 0 fully saturated rings. The lowest BCUT2D eigenvalue weighted by atomic mass is 10.1. The molecule has 0 bridgehead atoms. The minimum atomic E-state index is -1.08. The van der Waals surface area contributed by atoms with Crippen molar-refractivity contribution in [1.29, 1.82) is 0 Å². The number of hydrogen-bond acceptors (Lipinski definition) is 4. The van der Waals surface area contributed by atoms with E-state index < -0.39 is 30.1 Å². The molecule has 5 nitrogen and oxygen atoms in total. The van der Waals surface area contributed by atoms with Crippen molar-refractivity contribution in [2.45, 2.75) is 12.8 Å². The maximum absolute atomic E-state index is 13.1. The molecule has 27 heavy (non-hydrogen) atoms. The molecular weight excluding hydrogens is 354 g/mol. The van der Waals surface area contributed by atoms with Crippen LogP contribution in [0.25, 0.3) is 10.9 Å². The molecular formula is C20H16F2N2O3. The number of pyridine rings is 1. The molecule has 1 N–H and O–H groups in total. The Hall–Kier alpha value is -3.35. The highest BCUT2D eigenvalue weighted by Gasteiger charge is 2.10. The first-order valence-electron chi connectivity index (χ1n) is 8.26. The Morgan fingerprint density at radius 1 is 1.00 bits per heavy atom. The Bertz CT molecular complexity index is 992. The van der Waals surface area contributed by atoms with Crippen molar-refractivity contribution in [2.24, 2.45) is 0 Å². The van der Waals surface area contributed by atoms with Gasteiger partial charge in [-0.1, -0.05) is 24.3 Å². The Morgan fingerprint density at radius 2 is 1.81 bits per heavy atom. The van der Waals surface area contributed by atoms with Crippen LogP contribution in [0.5, 0.6) is 0 Å². The number of carbonyl (C=O) groups excluding carboxylic acids is 2. The number of nitrogens with one attached hydrogen (secondary N) is 1. The summed E-state index contributed by atoms with van der Waals surface area (Å²) < 4.78 is 30.8. The average Bonchev–Trinajstić information content (AvgIpc) is 2.67. The standard InChI is InChI=1S/C20H16F2N2O3/c21-16-9-7-15(11-17(16)22)24-19(25)12-27-20(26)10-8-14-6-5-13-3-1-2-4-18(13)23-14/h1-7,9,11H,8,10,12H2,(H,24,25). The zero-order chi connectivity index (χ0) is 19.2. The molecule has 7 heteroatoms. The Labute approximate surface area is 154 Å². The number of fused-ring (bicyclic) bond motifs is 1. The monoisotopic (exact) mass is 370 g/mol. The molecule has 138 valence electrons. The van der Waals surface area contributed by atoms with E-state index in [1.165, 1.54) is 6.07 Å². The third kappa shape index (κ3) is 5.07. The fraction of sp³-hybridized carbons (Fsp3) is 0.150. The molecule has 1 heterocycles. The predicted octanol–water partition coefficient (Wildman–Crippen LogP) is 3.63. The fourth-order valence-corrected chi connectivity index (χ4v) is 2.47. The molecule has 1 aromatic heterocycles. The largest absolute Gasteiger partial charge is 0.456 e. The second-order valence-electron chi connectivity index (χ2n) is 5.83. The van der Waals surface area contributed by atoms with Crippen molar-refractivity contribution in [3.8, 4) is 0 Å². The van der Waals surface area contributed by atoms with Gasteiger partial charge >= 0.3 is 5.97 Å². The Morgan fingerprint density at radius 3 is 2.63 bits per heavy atom. The highest BCUT2D eigenvalue weighted by Crippen LogP contribution is 2.14. The smallest absolute Gasteiger partial charge is 0.306 e. The van der Waals surface area contributed by atoms with Gasteiger partial charge in [0.1, 0.15) is 0 Å². The zero-order valence-corrected chi connectivity index (χ0v) is 14.2. The number of esters is 1. The third-order valence-electron chi connectivity index (χ3n) is 3.81. The molecule has 0 aliphatic carbocycles. The summed E-state index contributed by atoms with van der Waals surface area (Å²) in [5.74, 6) is -3.28. The van der Waals surface area contributed by atoms with Crippen LogP contribution in [0.3, 0.4) is 0 Å². The summed E-state index contributed by atoms with van der Waals surface area (Å²) in [6.07, 6.45) is 0.457. The van der Waals surface area contributed by atoms with Gasteiger partial charge in [0.15, 0.2) is 18.2 Å². The van der Waals surface area contributed by atoms with Gasteiger partial charge < -0.3 is 10.1 Å². The number of nitrogens with zero attached hydrogens (tertiary/aromatic N) is 1. The van der Waals surface area contributed by atoms with Gasteiger partial charge in [-0.15, -0.1) is 0 Å². The van der Waals surface area contributed by atoms with Crippen molar-refractivity contribution in [3.05, 3.63) is 71.9 Å². The second kappa shape index (κ2) is 8.35. The van der Waals surface area contributed by atoms with Gasteiger partial charge in [-0.05, 0) is 24.3 Å². The average molecular weight is 370 g/mol. The number of rotatable bonds is 6. The van der Waals surface area contributed by atoms with Crippen molar-refractivity contribution in [3.63, 3.8) is 0 Å². The van der Waals surface area contributed by atoms with Gasteiger partial charge in [0.05, 0.1) is 11.9 Å². The fourth-order valence-electron chi connectivity index (χ4n) is 2.47. The number of carbonyl (C=O) groups is 2. The molecule has 0 spiro atoms. The van der Waals surface area contributed by atoms with Crippen LogP contribution in [0, 0.1) is 11.6 Å². The summed E-state index contributed by atoms with van der Waals surface area (Å²) in [6.45, 7) is -0.511. The van der Waals surface area contributed by atoms with Gasteiger partial charge in [-0.2, -0.15) is 0 Å². The molecule has 3 aromatic rings. The molecule has 0 saturated carbocycles. The lowest BCUT2D eigenvalue weighted by Crippen LogP contribution is -2.21. The summed E-state index contributed by atoms with van der Waals surface area (Å²) in [6, 6.07) is 14.4. The van der Waals surface area contributed by atoms with Crippen LogP contribution in [-0.4, -0.2) is 23.5 Å². The quantitative estimate of drug-likeness (QED) is 0.673. The number of aryl methyl sites for hydroxylation is 1. The number of amides is 1. The van der Waals surface area contributed by atoms with Crippen LogP contribution in [-0.2, 0) is 20.7 Å². The molecule has 0 saturated heterocycles. The normalized spacial score (nSPS) is 10.6. The first kappa shape index (κ1) is 18.4. The van der Waals surface area contributed by atoms with Crippen molar-refractivity contribution in [1.82, 2.24) is 4.98 Å². The lowest BCUT2D eigenvalue weighted by molar-refractivity contribution is -0.147. The number of hydrogen-bond donors (Lipinski definition) is 1. The SMILES string of the molecule is O=C(COC(=O)CCc1ccc2ccccc2n1)Nc1ccc(F)c(F)c1. The first-order chi connectivity index (χ1) is 13.0. The predicted molar refractivity (Wildman–Crippen MR) is 96.0 cm³/mol.